The standard InChI is InChI=1S/C10H14F2N2O2S/c1-2-7-14(17(15,16)10(11)12)9-6-4-3-5-8(9)13/h3-6,10H,2,7,13H2,1H3. The normalized spacial score (nSPS) is 11.8. The van der Waals surface area contributed by atoms with E-state index in [1.807, 2.05) is 0 Å². The summed E-state index contributed by atoms with van der Waals surface area (Å²) in [5, 5.41) is 0. The Hall–Kier alpha value is -1.37. The molecular formula is C10H14F2N2O2S. The molecule has 1 aromatic carbocycles. The predicted molar refractivity (Wildman–Crippen MR) is 63.4 cm³/mol. The molecule has 0 heterocycles. The lowest BCUT2D eigenvalue weighted by Gasteiger charge is -2.24. The molecule has 17 heavy (non-hydrogen) atoms. The lowest BCUT2D eigenvalue weighted by Crippen LogP contribution is -2.36. The highest BCUT2D eigenvalue weighted by Gasteiger charge is 2.32. The highest BCUT2D eigenvalue weighted by atomic mass is 32.2. The maximum absolute atomic E-state index is 12.5. The molecule has 1 aromatic rings. The molecule has 0 aromatic heterocycles. The van der Waals surface area contributed by atoms with E-state index in [0.717, 1.165) is 0 Å². The molecule has 0 bridgehead atoms. The summed E-state index contributed by atoms with van der Waals surface area (Å²) in [6, 6.07) is 6.04. The second-order valence-electron chi connectivity index (χ2n) is 3.44. The molecule has 7 heteroatoms. The number of nitrogens with two attached hydrogens (primary N) is 1. The lowest BCUT2D eigenvalue weighted by molar-refractivity contribution is 0.234. The van der Waals surface area contributed by atoms with E-state index in [-0.39, 0.29) is 17.9 Å². The van der Waals surface area contributed by atoms with Gasteiger partial charge in [-0.2, -0.15) is 8.78 Å². The SMILES string of the molecule is CCCN(c1ccccc1N)S(=O)(=O)C(F)F. The van der Waals surface area contributed by atoms with Gasteiger partial charge in [-0.15, -0.1) is 0 Å². The number of benzene rings is 1. The number of nitrogen functional groups attached to an aromatic ring is 1. The van der Waals surface area contributed by atoms with E-state index in [1.54, 1.807) is 19.1 Å². The number of nitrogens with zero attached hydrogens (tertiary/aromatic N) is 1. The summed E-state index contributed by atoms with van der Waals surface area (Å²) in [5.41, 5.74) is 5.85. The van der Waals surface area contributed by atoms with Gasteiger partial charge in [0, 0.05) is 6.54 Å². The first-order chi connectivity index (χ1) is 7.91. The van der Waals surface area contributed by atoms with Gasteiger partial charge in [-0.3, -0.25) is 4.31 Å². The first kappa shape index (κ1) is 13.7. The van der Waals surface area contributed by atoms with Crippen molar-refractivity contribution in [1.82, 2.24) is 0 Å². The van der Waals surface area contributed by atoms with Gasteiger partial charge in [-0.05, 0) is 18.6 Å². The van der Waals surface area contributed by atoms with Crippen LogP contribution in [-0.4, -0.2) is 20.7 Å². The molecule has 1 rings (SSSR count). The molecule has 0 saturated heterocycles. The number of halogens is 2. The van der Waals surface area contributed by atoms with Crippen LogP contribution in [0.2, 0.25) is 0 Å². The van der Waals surface area contributed by atoms with Gasteiger partial charge in [0.15, 0.2) is 0 Å². The Kier molecular flexibility index (Phi) is 4.28. The summed E-state index contributed by atoms with van der Waals surface area (Å²) < 4.78 is 48.7. The van der Waals surface area contributed by atoms with Crippen molar-refractivity contribution in [3.05, 3.63) is 24.3 Å². The van der Waals surface area contributed by atoms with Crippen molar-refractivity contribution in [2.75, 3.05) is 16.6 Å². The maximum atomic E-state index is 12.5. The summed E-state index contributed by atoms with van der Waals surface area (Å²) in [5.74, 6) is -3.45. The Bertz CT molecular complexity index is 477. The molecule has 0 atom stereocenters. The van der Waals surface area contributed by atoms with Gasteiger partial charge in [0.05, 0.1) is 11.4 Å². The van der Waals surface area contributed by atoms with E-state index in [4.69, 9.17) is 5.73 Å². The Morgan fingerprint density at radius 3 is 2.41 bits per heavy atom. The van der Waals surface area contributed by atoms with Crippen LogP contribution in [0.25, 0.3) is 0 Å². The van der Waals surface area contributed by atoms with Crippen molar-refractivity contribution in [3.63, 3.8) is 0 Å². The van der Waals surface area contributed by atoms with E-state index < -0.39 is 15.8 Å². The van der Waals surface area contributed by atoms with E-state index >= 15 is 0 Å². The summed E-state index contributed by atoms with van der Waals surface area (Å²) >= 11 is 0. The molecule has 0 aliphatic heterocycles. The summed E-state index contributed by atoms with van der Waals surface area (Å²) in [6.45, 7) is 1.67. The third-order valence-electron chi connectivity index (χ3n) is 2.16. The van der Waals surface area contributed by atoms with Crippen LogP contribution in [0.3, 0.4) is 0 Å². The molecule has 0 aliphatic carbocycles. The highest BCUT2D eigenvalue weighted by molar-refractivity contribution is 7.93. The van der Waals surface area contributed by atoms with Gasteiger partial charge in [0.2, 0.25) is 0 Å². The maximum Gasteiger partial charge on any atom is 0.355 e. The zero-order chi connectivity index (χ0) is 13.1. The quantitative estimate of drug-likeness (QED) is 0.828. The van der Waals surface area contributed by atoms with Crippen LogP contribution < -0.4 is 10.0 Å². The molecule has 0 fully saturated rings. The van der Waals surface area contributed by atoms with E-state index in [2.05, 4.69) is 0 Å². The van der Waals surface area contributed by atoms with Gasteiger partial charge in [-0.25, -0.2) is 8.42 Å². The molecule has 0 aliphatic rings. The molecule has 4 nitrogen and oxygen atoms in total. The number of rotatable bonds is 5. The summed E-state index contributed by atoms with van der Waals surface area (Å²) in [6.07, 6.45) is 0.417. The van der Waals surface area contributed by atoms with Crippen LogP contribution in [0.5, 0.6) is 0 Å². The molecule has 0 unspecified atom stereocenters. The van der Waals surface area contributed by atoms with Crippen LogP contribution in [0, 0.1) is 0 Å². The second kappa shape index (κ2) is 5.31. The number of alkyl halides is 2. The average Bonchev–Trinajstić information content (AvgIpc) is 2.26. The minimum Gasteiger partial charge on any atom is -0.397 e. The first-order valence-corrected chi connectivity index (χ1v) is 6.55. The van der Waals surface area contributed by atoms with Crippen molar-refractivity contribution in [2.45, 2.75) is 19.1 Å². The average molecular weight is 264 g/mol. The second-order valence-corrected chi connectivity index (χ2v) is 5.26. The zero-order valence-corrected chi connectivity index (χ0v) is 10.1. The van der Waals surface area contributed by atoms with Crippen LogP contribution in [-0.2, 0) is 10.0 Å². The first-order valence-electron chi connectivity index (χ1n) is 5.05. The molecule has 0 radical (unpaired) electrons. The number of sulfonamides is 1. The monoisotopic (exact) mass is 264 g/mol. The van der Waals surface area contributed by atoms with Crippen molar-refractivity contribution in [3.8, 4) is 0 Å². The van der Waals surface area contributed by atoms with Crippen LogP contribution in [0.1, 0.15) is 13.3 Å². The molecule has 0 spiro atoms. The Morgan fingerprint density at radius 2 is 1.94 bits per heavy atom. The van der Waals surface area contributed by atoms with Crippen LogP contribution >= 0.6 is 0 Å². The largest absolute Gasteiger partial charge is 0.397 e. The van der Waals surface area contributed by atoms with Crippen molar-refractivity contribution in [1.29, 1.82) is 0 Å². The van der Waals surface area contributed by atoms with Crippen molar-refractivity contribution in [2.24, 2.45) is 0 Å². The minimum absolute atomic E-state index is 0.0269. The smallest absolute Gasteiger partial charge is 0.355 e. The Morgan fingerprint density at radius 1 is 1.35 bits per heavy atom. The highest BCUT2D eigenvalue weighted by Crippen LogP contribution is 2.27. The summed E-state index contributed by atoms with van der Waals surface area (Å²) in [4.78, 5) is 0. The Labute approximate surface area is 99.1 Å². The molecule has 2 N–H and O–H groups in total. The van der Waals surface area contributed by atoms with E-state index in [9.17, 15) is 17.2 Å². The van der Waals surface area contributed by atoms with E-state index in [1.165, 1.54) is 12.1 Å². The number of para-hydroxylation sites is 2. The van der Waals surface area contributed by atoms with Gasteiger partial charge in [-0.1, -0.05) is 19.1 Å². The van der Waals surface area contributed by atoms with Crippen molar-refractivity contribution >= 4 is 21.4 Å². The van der Waals surface area contributed by atoms with Gasteiger partial charge in [0.1, 0.15) is 0 Å². The van der Waals surface area contributed by atoms with Gasteiger partial charge in [0.25, 0.3) is 10.0 Å². The molecular weight excluding hydrogens is 250 g/mol. The van der Waals surface area contributed by atoms with E-state index in [0.29, 0.717) is 10.7 Å². The number of hydrogen-bond acceptors (Lipinski definition) is 3. The van der Waals surface area contributed by atoms with Crippen molar-refractivity contribution < 1.29 is 17.2 Å². The molecule has 0 saturated carbocycles. The Balaban J connectivity index is 3.24. The number of anilines is 2. The third kappa shape index (κ3) is 2.85. The van der Waals surface area contributed by atoms with Crippen LogP contribution in [0.15, 0.2) is 24.3 Å². The topological polar surface area (TPSA) is 63.4 Å². The lowest BCUT2D eigenvalue weighted by atomic mass is 10.2. The zero-order valence-electron chi connectivity index (χ0n) is 9.31. The van der Waals surface area contributed by atoms with Gasteiger partial charge >= 0.3 is 5.76 Å². The third-order valence-corrected chi connectivity index (χ3v) is 3.61. The molecule has 0 amide bonds. The predicted octanol–water partition coefficient (Wildman–Crippen LogP) is 2.04. The number of hydrogen-bond donors (Lipinski definition) is 1. The van der Waals surface area contributed by atoms with Crippen LogP contribution in [0.4, 0.5) is 20.2 Å². The minimum atomic E-state index is -4.66. The summed E-state index contributed by atoms with van der Waals surface area (Å²) in [7, 11) is -4.66. The molecule has 96 valence electrons. The fourth-order valence-electron chi connectivity index (χ4n) is 1.40. The fourth-order valence-corrected chi connectivity index (χ4v) is 2.47. The fraction of sp³-hybridized carbons (Fsp3) is 0.400. The van der Waals surface area contributed by atoms with Gasteiger partial charge < -0.3 is 5.73 Å².